The zero-order valence-corrected chi connectivity index (χ0v) is 18.0. The van der Waals surface area contributed by atoms with E-state index in [1.807, 2.05) is 0 Å². The molecule has 0 spiro atoms. The average molecular weight is 441 g/mol. The number of benzene rings is 1. The first-order valence-electron chi connectivity index (χ1n) is 10.2. The first-order chi connectivity index (χ1) is 14.9. The predicted molar refractivity (Wildman–Crippen MR) is 119 cm³/mol. The number of carbonyl (C=O) groups excluding carboxylic acids is 1. The lowest BCUT2D eigenvalue weighted by Gasteiger charge is -2.33. The summed E-state index contributed by atoms with van der Waals surface area (Å²) < 4.78 is 1.29. The summed E-state index contributed by atoms with van der Waals surface area (Å²) in [5.41, 5.74) is 1.37. The van der Waals surface area contributed by atoms with Crippen molar-refractivity contribution in [3.8, 4) is 5.75 Å². The van der Waals surface area contributed by atoms with Crippen LogP contribution < -0.4 is 10.2 Å². The number of nitrogens with zero attached hydrogens (tertiary/aromatic N) is 3. The Morgan fingerprint density at radius 1 is 1.23 bits per heavy atom. The summed E-state index contributed by atoms with van der Waals surface area (Å²) in [7, 11) is 0. The number of aliphatic carboxylic acids is 1. The number of hydrogen-bond donors (Lipinski definition) is 3. The number of aryl methyl sites for hydroxylation is 1. The Morgan fingerprint density at radius 2 is 2.00 bits per heavy atom. The molecule has 3 N–H and O–H groups in total. The molecular formula is C22H24N4O4S. The molecule has 0 atom stereocenters. The molecule has 0 bridgehead atoms. The SMILES string of the molecule is Cc1nc(CC2CCN(c3ccc4sccc4c3)CC2)nc(C(=O)NCC(=O)O)c1O. The zero-order valence-electron chi connectivity index (χ0n) is 17.2. The second-order valence-corrected chi connectivity index (χ2v) is 8.72. The van der Waals surface area contributed by atoms with E-state index in [0.717, 1.165) is 25.9 Å². The van der Waals surface area contributed by atoms with Gasteiger partial charge in [0.1, 0.15) is 12.4 Å². The Hall–Kier alpha value is -3.20. The number of carboxylic acids is 1. The van der Waals surface area contributed by atoms with Crippen LogP contribution in [0.2, 0.25) is 0 Å². The van der Waals surface area contributed by atoms with Gasteiger partial charge in [-0.25, -0.2) is 9.97 Å². The van der Waals surface area contributed by atoms with Gasteiger partial charge in [-0.1, -0.05) is 0 Å². The van der Waals surface area contributed by atoms with E-state index in [0.29, 0.717) is 23.9 Å². The van der Waals surface area contributed by atoms with E-state index < -0.39 is 18.4 Å². The Balaban J connectivity index is 1.40. The maximum atomic E-state index is 12.2. The van der Waals surface area contributed by atoms with Crippen LogP contribution in [0.15, 0.2) is 29.6 Å². The number of fused-ring (bicyclic) bond motifs is 1. The van der Waals surface area contributed by atoms with Crippen LogP contribution >= 0.6 is 11.3 Å². The number of carbonyl (C=O) groups is 2. The minimum Gasteiger partial charge on any atom is -0.504 e. The molecular weight excluding hydrogens is 416 g/mol. The number of nitrogens with one attached hydrogen (secondary N) is 1. The molecule has 9 heteroatoms. The van der Waals surface area contributed by atoms with Crippen molar-refractivity contribution in [2.75, 3.05) is 24.5 Å². The van der Waals surface area contributed by atoms with Crippen LogP contribution in [-0.2, 0) is 11.2 Å². The quantitative estimate of drug-likeness (QED) is 0.540. The molecule has 0 radical (unpaired) electrons. The van der Waals surface area contributed by atoms with Gasteiger partial charge in [0, 0.05) is 29.9 Å². The summed E-state index contributed by atoms with van der Waals surface area (Å²) in [5.74, 6) is -1.33. The van der Waals surface area contributed by atoms with E-state index >= 15 is 0 Å². The van der Waals surface area contributed by atoms with Gasteiger partial charge in [0.25, 0.3) is 5.91 Å². The Morgan fingerprint density at radius 3 is 2.74 bits per heavy atom. The number of thiophene rings is 1. The van der Waals surface area contributed by atoms with Crippen LogP contribution in [0.3, 0.4) is 0 Å². The molecule has 1 saturated heterocycles. The highest BCUT2D eigenvalue weighted by Crippen LogP contribution is 2.30. The van der Waals surface area contributed by atoms with Crippen molar-refractivity contribution in [3.05, 3.63) is 46.9 Å². The Bertz CT molecular complexity index is 1120. The monoisotopic (exact) mass is 440 g/mol. The van der Waals surface area contributed by atoms with Crippen molar-refractivity contribution in [2.24, 2.45) is 5.92 Å². The molecule has 8 nitrogen and oxygen atoms in total. The molecule has 1 amide bonds. The molecule has 0 unspecified atom stereocenters. The van der Waals surface area contributed by atoms with E-state index in [1.165, 1.54) is 15.8 Å². The maximum absolute atomic E-state index is 12.2. The lowest BCUT2D eigenvalue weighted by molar-refractivity contribution is -0.135. The van der Waals surface area contributed by atoms with E-state index in [1.54, 1.807) is 18.3 Å². The third kappa shape index (κ3) is 4.77. The summed E-state index contributed by atoms with van der Waals surface area (Å²) in [6.45, 7) is 2.94. The molecule has 1 aromatic carbocycles. The largest absolute Gasteiger partial charge is 0.504 e. The Kier molecular flexibility index (Phi) is 6.03. The van der Waals surface area contributed by atoms with Gasteiger partial charge in [0.15, 0.2) is 11.4 Å². The normalized spacial score (nSPS) is 14.7. The van der Waals surface area contributed by atoms with Crippen molar-refractivity contribution in [3.63, 3.8) is 0 Å². The number of aromatic nitrogens is 2. The number of amides is 1. The van der Waals surface area contributed by atoms with Gasteiger partial charge >= 0.3 is 5.97 Å². The number of piperidine rings is 1. The lowest BCUT2D eigenvalue weighted by Crippen LogP contribution is -2.34. The highest BCUT2D eigenvalue weighted by atomic mass is 32.1. The zero-order chi connectivity index (χ0) is 22.0. The predicted octanol–water partition coefficient (Wildman–Crippen LogP) is 2.98. The Labute approximate surface area is 183 Å². The molecule has 4 rings (SSSR count). The summed E-state index contributed by atoms with van der Waals surface area (Å²) in [6, 6.07) is 8.73. The van der Waals surface area contributed by atoms with Crippen LogP contribution in [0.1, 0.15) is 34.8 Å². The molecule has 0 saturated carbocycles. The van der Waals surface area contributed by atoms with Gasteiger partial charge in [-0.3, -0.25) is 9.59 Å². The second kappa shape index (κ2) is 8.89. The van der Waals surface area contributed by atoms with Crippen LogP contribution in [0.4, 0.5) is 5.69 Å². The van der Waals surface area contributed by atoms with Crippen molar-refractivity contribution in [2.45, 2.75) is 26.2 Å². The fraction of sp³-hybridized carbons (Fsp3) is 0.364. The van der Waals surface area contributed by atoms with E-state index in [-0.39, 0.29) is 11.4 Å². The molecule has 3 heterocycles. The molecule has 31 heavy (non-hydrogen) atoms. The topological polar surface area (TPSA) is 116 Å². The smallest absolute Gasteiger partial charge is 0.322 e. The molecule has 1 aliphatic rings. The summed E-state index contributed by atoms with van der Waals surface area (Å²) in [5, 5.41) is 24.5. The fourth-order valence-electron chi connectivity index (χ4n) is 3.92. The molecule has 162 valence electrons. The second-order valence-electron chi connectivity index (χ2n) is 7.78. The van der Waals surface area contributed by atoms with E-state index in [2.05, 4.69) is 49.8 Å². The van der Waals surface area contributed by atoms with Gasteiger partial charge in [0.05, 0.1) is 5.69 Å². The molecule has 2 aromatic heterocycles. The van der Waals surface area contributed by atoms with Crippen molar-refractivity contribution < 1.29 is 19.8 Å². The number of carboxylic acid groups (broad SMARTS) is 1. The molecule has 3 aromatic rings. The standard InChI is InChI=1S/C22H24N4O4S/c1-13-21(29)20(22(30)23-12-19(27)28)25-18(24-13)10-14-4-7-26(8-5-14)16-2-3-17-15(11-16)6-9-31-17/h2-3,6,9,11,14,29H,4-5,7-8,10,12H2,1H3,(H,23,30)(H,27,28). The summed E-state index contributed by atoms with van der Waals surface area (Å²) >= 11 is 1.75. The van der Waals surface area contributed by atoms with Crippen molar-refractivity contribution >= 4 is 39.0 Å². The first-order valence-corrected chi connectivity index (χ1v) is 11.1. The fourth-order valence-corrected chi connectivity index (χ4v) is 4.69. The van der Waals surface area contributed by atoms with Crippen molar-refractivity contribution in [1.29, 1.82) is 0 Å². The number of hydrogen-bond acceptors (Lipinski definition) is 7. The summed E-state index contributed by atoms with van der Waals surface area (Å²) in [6.07, 6.45) is 2.56. The van der Waals surface area contributed by atoms with E-state index in [4.69, 9.17) is 5.11 Å². The third-order valence-electron chi connectivity index (χ3n) is 5.61. The van der Waals surface area contributed by atoms with Gasteiger partial charge in [0.2, 0.25) is 0 Å². The molecule has 1 aliphatic heterocycles. The number of aromatic hydroxyl groups is 1. The van der Waals surface area contributed by atoms with Crippen molar-refractivity contribution in [1.82, 2.24) is 15.3 Å². The third-order valence-corrected chi connectivity index (χ3v) is 6.50. The molecule has 0 aliphatic carbocycles. The van der Waals surface area contributed by atoms with Crippen LogP contribution in [0, 0.1) is 12.8 Å². The highest BCUT2D eigenvalue weighted by molar-refractivity contribution is 7.17. The van der Waals surface area contributed by atoms with Crippen LogP contribution in [-0.4, -0.2) is 51.7 Å². The lowest BCUT2D eigenvalue weighted by atomic mass is 9.92. The number of anilines is 1. The first kappa shape index (κ1) is 21.0. The average Bonchev–Trinajstić information content (AvgIpc) is 3.23. The van der Waals surface area contributed by atoms with Gasteiger partial charge in [-0.05, 0) is 60.7 Å². The summed E-state index contributed by atoms with van der Waals surface area (Å²) in [4.78, 5) is 33.9. The maximum Gasteiger partial charge on any atom is 0.322 e. The van der Waals surface area contributed by atoms with Gasteiger partial charge in [-0.15, -0.1) is 11.3 Å². The number of rotatable bonds is 6. The van der Waals surface area contributed by atoms with Crippen LogP contribution in [0.25, 0.3) is 10.1 Å². The minimum absolute atomic E-state index is 0.176. The van der Waals surface area contributed by atoms with Crippen LogP contribution in [0.5, 0.6) is 5.75 Å². The van der Waals surface area contributed by atoms with E-state index in [9.17, 15) is 14.7 Å². The molecule has 1 fully saturated rings. The highest BCUT2D eigenvalue weighted by Gasteiger charge is 2.23. The van der Waals surface area contributed by atoms with Gasteiger partial charge in [-0.2, -0.15) is 0 Å². The van der Waals surface area contributed by atoms with Gasteiger partial charge < -0.3 is 20.4 Å². The minimum atomic E-state index is -1.16.